The fourth-order valence-corrected chi connectivity index (χ4v) is 6.98. The third-order valence-corrected chi connectivity index (χ3v) is 8.48. The number of Topliss-reactive ketones (excluding diaryl/α,β-unsaturated/α-hetero) is 1. The van der Waals surface area contributed by atoms with Crippen molar-refractivity contribution in [3.8, 4) is 0 Å². The van der Waals surface area contributed by atoms with Crippen LogP contribution in [-0.2, 0) is 9.59 Å². The molecule has 0 aromatic rings. The van der Waals surface area contributed by atoms with Crippen molar-refractivity contribution in [3.63, 3.8) is 0 Å². The Morgan fingerprint density at radius 1 is 1.20 bits per heavy atom. The zero-order valence-electron chi connectivity index (χ0n) is 15.8. The molecule has 0 bridgehead atoms. The molecule has 4 aliphatic rings. The van der Waals surface area contributed by atoms with Gasteiger partial charge in [-0.05, 0) is 75.4 Å². The van der Waals surface area contributed by atoms with E-state index in [-0.39, 0.29) is 28.4 Å². The highest BCUT2D eigenvalue weighted by molar-refractivity contribution is 6.02. The van der Waals surface area contributed by atoms with Crippen LogP contribution in [0.2, 0.25) is 0 Å². The van der Waals surface area contributed by atoms with Gasteiger partial charge in [-0.1, -0.05) is 25.0 Å². The molecule has 0 heterocycles. The van der Waals surface area contributed by atoms with Gasteiger partial charge in [0.15, 0.2) is 5.78 Å². The zero-order chi connectivity index (χ0) is 18.1. The van der Waals surface area contributed by atoms with Crippen molar-refractivity contribution in [2.24, 2.45) is 34.5 Å². The number of aliphatic hydroxyl groups is 1. The SMILES string of the molecule is CC1=CC(=O)C=C2CC[C@H]3[C@@H]4[C@@H](C(C)O)CC(=O)[C@@]4(C)CC[C@@H]3[C@@]12C. The van der Waals surface area contributed by atoms with Crippen molar-refractivity contribution in [1.82, 2.24) is 0 Å². The lowest BCUT2D eigenvalue weighted by Crippen LogP contribution is -2.52. The van der Waals surface area contributed by atoms with E-state index in [1.54, 1.807) is 0 Å². The quantitative estimate of drug-likeness (QED) is 0.787. The molecule has 0 radical (unpaired) electrons. The Balaban J connectivity index is 1.77. The first kappa shape index (κ1) is 17.2. The number of carbonyl (C=O) groups excluding carboxylic acids is 2. The monoisotopic (exact) mass is 342 g/mol. The number of aliphatic hydroxyl groups excluding tert-OH is 1. The summed E-state index contributed by atoms with van der Waals surface area (Å²) < 4.78 is 0. The first-order valence-electron chi connectivity index (χ1n) is 9.84. The average molecular weight is 342 g/mol. The lowest BCUT2D eigenvalue weighted by Gasteiger charge is -2.58. The minimum absolute atomic E-state index is 0.0486. The minimum Gasteiger partial charge on any atom is -0.393 e. The summed E-state index contributed by atoms with van der Waals surface area (Å²) in [5.41, 5.74) is 2.17. The van der Waals surface area contributed by atoms with Gasteiger partial charge in [-0.2, -0.15) is 0 Å². The predicted octanol–water partition coefficient (Wildman–Crippen LogP) is 3.86. The van der Waals surface area contributed by atoms with Crippen LogP contribution in [0.4, 0.5) is 0 Å². The van der Waals surface area contributed by atoms with Gasteiger partial charge in [0.25, 0.3) is 0 Å². The largest absolute Gasteiger partial charge is 0.393 e. The van der Waals surface area contributed by atoms with Gasteiger partial charge in [0.1, 0.15) is 5.78 Å². The molecule has 3 saturated carbocycles. The van der Waals surface area contributed by atoms with E-state index >= 15 is 0 Å². The van der Waals surface area contributed by atoms with Crippen molar-refractivity contribution in [2.75, 3.05) is 0 Å². The summed E-state index contributed by atoms with van der Waals surface area (Å²) in [7, 11) is 0. The second-order valence-electron chi connectivity index (χ2n) is 9.42. The van der Waals surface area contributed by atoms with Crippen LogP contribution < -0.4 is 0 Å². The Labute approximate surface area is 150 Å². The topological polar surface area (TPSA) is 54.4 Å². The lowest BCUT2D eigenvalue weighted by molar-refractivity contribution is -0.132. The molecule has 0 aromatic heterocycles. The Morgan fingerprint density at radius 2 is 1.92 bits per heavy atom. The van der Waals surface area contributed by atoms with Crippen molar-refractivity contribution in [2.45, 2.75) is 65.9 Å². The first-order valence-corrected chi connectivity index (χ1v) is 9.84. The summed E-state index contributed by atoms with van der Waals surface area (Å²) in [6.45, 7) is 8.42. The van der Waals surface area contributed by atoms with Gasteiger partial charge in [0.2, 0.25) is 0 Å². The van der Waals surface area contributed by atoms with Crippen LogP contribution in [0.3, 0.4) is 0 Å². The molecule has 25 heavy (non-hydrogen) atoms. The molecule has 3 fully saturated rings. The van der Waals surface area contributed by atoms with E-state index < -0.39 is 6.10 Å². The Bertz CT molecular complexity index is 700. The molecular formula is C22H30O3. The van der Waals surface area contributed by atoms with Crippen LogP contribution >= 0.6 is 0 Å². The first-order chi connectivity index (χ1) is 11.7. The molecule has 0 amide bonds. The van der Waals surface area contributed by atoms with E-state index in [9.17, 15) is 14.7 Å². The lowest BCUT2D eigenvalue weighted by atomic mass is 9.46. The van der Waals surface area contributed by atoms with E-state index in [4.69, 9.17) is 0 Å². The number of fused-ring (bicyclic) bond motifs is 5. The predicted molar refractivity (Wildman–Crippen MR) is 96.8 cm³/mol. The van der Waals surface area contributed by atoms with E-state index in [1.165, 1.54) is 11.1 Å². The Hall–Kier alpha value is -1.22. The van der Waals surface area contributed by atoms with Crippen LogP contribution in [0.5, 0.6) is 0 Å². The van der Waals surface area contributed by atoms with E-state index in [0.29, 0.717) is 24.0 Å². The average Bonchev–Trinajstić information content (AvgIpc) is 2.81. The van der Waals surface area contributed by atoms with Crippen LogP contribution in [0.1, 0.15) is 59.8 Å². The van der Waals surface area contributed by atoms with Crippen molar-refractivity contribution in [1.29, 1.82) is 0 Å². The second kappa shape index (κ2) is 5.39. The van der Waals surface area contributed by atoms with Gasteiger partial charge in [-0.25, -0.2) is 0 Å². The number of hydrogen-bond donors (Lipinski definition) is 1. The highest BCUT2D eigenvalue weighted by Crippen LogP contribution is 2.66. The van der Waals surface area contributed by atoms with Crippen molar-refractivity contribution >= 4 is 11.6 Å². The summed E-state index contributed by atoms with van der Waals surface area (Å²) >= 11 is 0. The minimum atomic E-state index is -0.427. The molecule has 0 spiro atoms. The Morgan fingerprint density at radius 3 is 2.60 bits per heavy atom. The fraction of sp³-hybridized carbons (Fsp3) is 0.727. The molecule has 0 aromatic carbocycles. The maximum absolute atomic E-state index is 12.8. The molecule has 4 aliphatic carbocycles. The molecule has 0 aliphatic heterocycles. The van der Waals surface area contributed by atoms with Gasteiger partial charge < -0.3 is 5.11 Å². The standard InChI is InChI=1S/C22H30O3/c1-12-9-15(24)10-14-5-6-16-18(22(12,14)4)7-8-21(3)19(25)11-17(13(2)23)20(16)21/h9-10,13,16-18,20,23H,5-8,11H2,1-4H3/t13?,16-,17-,18+,20-,21-,22+/m1/s1. The molecule has 0 saturated heterocycles. The van der Waals surface area contributed by atoms with E-state index in [2.05, 4.69) is 20.8 Å². The number of rotatable bonds is 1. The van der Waals surface area contributed by atoms with Crippen LogP contribution in [0.25, 0.3) is 0 Å². The molecule has 3 heteroatoms. The van der Waals surface area contributed by atoms with Crippen molar-refractivity contribution in [3.05, 3.63) is 23.3 Å². The van der Waals surface area contributed by atoms with Crippen molar-refractivity contribution < 1.29 is 14.7 Å². The number of allylic oxidation sites excluding steroid dienone is 4. The highest BCUT2D eigenvalue weighted by Gasteiger charge is 2.62. The van der Waals surface area contributed by atoms with Gasteiger partial charge in [-0.3, -0.25) is 9.59 Å². The van der Waals surface area contributed by atoms with Crippen LogP contribution in [0, 0.1) is 34.5 Å². The normalized spacial score (nSPS) is 47.4. The summed E-state index contributed by atoms with van der Waals surface area (Å²) in [6.07, 6.45) is 7.74. The summed E-state index contributed by atoms with van der Waals surface area (Å²) in [6, 6.07) is 0. The maximum Gasteiger partial charge on any atom is 0.178 e. The van der Waals surface area contributed by atoms with Gasteiger partial charge in [-0.15, -0.1) is 0 Å². The van der Waals surface area contributed by atoms with Gasteiger partial charge in [0.05, 0.1) is 6.10 Å². The summed E-state index contributed by atoms with van der Waals surface area (Å²) in [5.74, 6) is 1.79. The number of hydrogen-bond acceptors (Lipinski definition) is 3. The molecule has 4 rings (SSSR count). The molecule has 1 unspecified atom stereocenters. The highest BCUT2D eigenvalue weighted by atomic mass is 16.3. The second-order valence-corrected chi connectivity index (χ2v) is 9.42. The van der Waals surface area contributed by atoms with E-state index in [0.717, 1.165) is 25.7 Å². The fourth-order valence-electron chi connectivity index (χ4n) is 6.98. The molecule has 1 N–H and O–H groups in total. The zero-order valence-corrected chi connectivity index (χ0v) is 15.8. The molecule has 3 nitrogen and oxygen atoms in total. The summed E-state index contributed by atoms with van der Waals surface area (Å²) in [4.78, 5) is 24.8. The van der Waals surface area contributed by atoms with Crippen LogP contribution in [0.15, 0.2) is 23.3 Å². The smallest absolute Gasteiger partial charge is 0.178 e. The molecule has 7 atom stereocenters. The third kappa shape index (κ3) is 2.14. The number of ketones is 2. The molecular weight excluding hydrogens is 312 g/mol. The maximum atomic E-state index is 12.8. The summed E-state index contributed by atoms with van der Waals surface area (Å²) in [5, 5.41) is 10.4. The van der Waals surface area contributed by atoms with Crippen LogP contribution in [-0.4, -0.2) is 22.8 Å². The molecule has 136 valence electrons. The Kier molecular flexibility index (Phi) is 3.71. The van der Waals surface area contributed by atoms with Gasteiger partial charge >= 0.3 is 0 Å². The third-order valence-electron chi connectivity index (χ3n) is 8.48. The number of carbonyl (C=O) groups is 2. The van der Waals surface area contributed by atoms with Gasteiger partial charge in [0, 0.05) is 17.3 Å². The van der Waals surface area contributed by atoms with E-state index in [1.807, 2.05) is 19.1 Å².